The largest absolute Gasteiger partial charge is 0.344 e. The molecular weight excluding hydrogens is 432 g/mol. The van der Waals surface area contributed by atoms with Crippen LogP contribution in [0.1, 0.15) is 24.1 Å². The van der Waals surface area contributed by atoms with Crippen LogP contribution in [0.3, 0.4) is 0 Å². The Bertz CT molecular complexity index is 1300. The van der Waals surface area contributed by atoms with E-state index in [0.29, 0.717) is 0 Å². The average molecular weight is 459 g/mol. The normalized spacial score (nSPS) is 11.7. The molecule has 1 amide bonds. The second-order valence-electron chi connectivity index (χ2n) is 7.76. The molecule has 168 valence electrons. The van der Waals surface area contributed by atoms with Crippen molar-refractivity contribution in [2.24, 2.45) is 0 Å². The fraction of sp³-hybridized carbons (Fsp3) is 0.148. The van der Waals surface area contributed by atoms with Crippen LogP contribution in [0.2, 0.25) is 0 Å². The smallest absolute Gasteiger partial charge is 0.243 e. The highest BCUT2D eigenvalue weighted by Crippen LogP contribution is 2.24. The number of hydrogen-bond donors (Lipinski definition) is 1. The molecule has 0 saturated heterocycles. The third kappa shape index (κ3) is 5.13. The number of nitrogens with zero attached hydrogens (tertiary/aromatic N) is 1. The van der Waals surface area contributed by atoms with Gasteiger partial charge in [0.25, 0.3) is 0 Å². The van der Waals surface area contributed by atoms with Gasteiger partial charge in [-0.15, -0.1) is 0 Å². The molecule has 0 spiro atoms. The van der Waals surface area contributed by atoms with Crippen molar-refractivity contribution in [1.82, 2.24) is 9.62 Å². The number of carbonyl (C=O) groups is 1. The molecule has 0 bridgehead atoms. The quantitative estimate of drug-likeness (QED) is 0.414. The number of hydrogen-bond acceptors (Lipinski definition) is 3. The van der Waals surface area contributed by atoms with Crippen molar-refractivity contribution >= 4 is 26.7 Å². The van der Waals surface area contributed by atoms with E-state index in [1.807, 2.05) is 84.9 Å². The molecule has 0 atom stereocenters. The molecule has 5 nitrogen and oxygen atoms in total. The zero-order valence-electron chi connectivity index (χ0n) is 18.4. The molecule has 0 unspecified atom stereocenters. The molecule has 0 radical (unpaired) electrons. The lowest BCUT2D eigenvalue weighted by atomic mass is 9.99. The first-order valence-corrected chi connectivity index (χ1v) is 12.3. The summed E-state index contributed by atoms with van der Waals surface area (Å²) in [6.07, 6.45) is 0. The number of nitrogens with one attached hydrogen (secondary N) is 1. The minimum atomic E-state index is -3.83. The van der Waals surface area contributed by atoms with Crippen LogP contribution in [0.5, 0.6) is 0 Å². The predicted molar refractivity (Wildman–Crippen MR) is 131 cm³/mol. The summed E-state index contributed by atoms with van der Waals surface area (Å²) in [5.74, 6) is -0.362. The van der Waals surface area contributed by atoms with Gasteiger partial charge in [0.05, 0.1) is 17.5 Å². The van der Waals surface area contributed by atoms with E-state index in [1.54, 1.807) is 25.1 Å². The second-order valence-corrected chi connectivity index (χ2v) is 9.70. The zero-order valence-corrected chi connectivity index (χ0v) is 19.2. The number of amides is 1. The molecule has 6 heteroatoms. The lowest BCUT2D eigenvalue weighted by Crippen LogP contribution is -2.42. The summed E-state index contributed by atoms with van der Waals surface area (Å²) in [6, 6.07) is 31.5. The van der Waals surface area contributed by atoms with Gasteiger partial charge < -0.3 is 5.32 Å². The molecule has 33 heavy (non-hydrogen) atoms. The first kappa shape index (κ1) is 22.7. The van der Waals surface area contributed by atoms with Crippen LogP contribution in [-0.2, 0) is 14.8 Å². The van der Waals surface area contributed by atoms with E-state index in [2.05, 4.69) is 5.32 Å². The standard InChI is InChI=1S/C27H26N2O3S/c1-2-29(33(31,32)25-18-17-21-11-9-10-16-24(21)19-25)20-26(30)28-27(22-12-5-3-6-13-22)23-14-7-4-8-15-23/h3-19,27H,2,20H2,1H3,(H,28,30). The van der Waals surface area contributed by atoms with E-state index in [9.17, 15) is 13.2 Å². The summed E-state index contributed by atoms with van der Waals surface area (Å²) in [6.45, 7) is 1.66. The Kier molecular flexibility index (Phi) is 6.87. The number of fused-ring (bicyclic) bond motifs is 1. The Morgan fingerprint density at radius 3 is 1.91 bits per heavy atom. The van der Waals surface area contributed by atoms with Crippen molar-refractivity contribution in [1.29, 1.82) is 0 Å². The van der Waals surface area contributed by atoms with Gasteiger partial charge in [0.2, 0.25) is 15.9 Å². The summed E-state index contributed by atoms with van der Waals surface area (Å²) in [5, 5.41) is 4.83. The van der Waals surface area contributed by atoms with E-state index in [1.165, 1.54) is 4.31 Å². The van der Waals surface area contributed by atoms with Crippen molar-refractivity contribution in [3.8, 4) is 0 Å². The van der Waals surface area contributed by atoms with Gasteiger partial charge in [0.1, 0.15) is 0 Å². The van der Waals surface area contributed by atoms with Gasteiger partial charge >= 0.3 is 0 Å². The van der Waals surface area contributed by atoms with Gasteiger partial charge in [0.15, 0.2) is 0 Å². The maximum Gasteiger partial charge on any atom is 0.243 e. The summed E-state index contributed by atoms with van der Waals surface area (Å²) in [4.78, 5) is 13.2. The number of sulfonamides is 1. The highest BCUT2D eigenvalue weighted by atomic mass is 32.2. The maximum atomic E-state index is 13.3. The molecule has 1 N–H and O–H groups in total. The Morgan fingerprint density at radius 2 is 1.33 bits per heavy atom. The molecule has 0 heterocycles. The molecule has 0 aliphatic rings. The molecule has 4 aromatic carbocycles. The molecule has 0 fully saturated rings. The van der Waals surface area contributed by atoms with E-state index < -0.39 is 10.0 Å². The molecule has 4 aromatic rings. The van der Waals surface area contributed by atoms with Crippen LogP contribution in [0, 0.1) is 0 Å². The first-order chi connectivity index (χ1) is 16.0. The maximum absolute atomic E-state index is 13.3. The summed E-state index contributed by atoms with van der Waals surface area (Å²) in [7, 11) is -3.83. The van der Waals surface area contributed by atoms with Crippen LogP contribution in [0.4, 0.5) is 0 Å². The van der Waals surface area contributed by atoms with Gasteiger partial charge in [-0.3, -0.25) is 4.79 Å². The third-order valence-electron chi connectivity index (χ3n) is 5.60. The highest BCUT2D eigenvalue weighted by molar-refractivity contribution is 7.89. The minimum absolute atomic E-state index is 0.179. The van der Waals surface area contributed by atoms with E-state index in [-0.39, 0.29) is 29.9 Å². The fourth-order valence-corrected chi connectivity index (χ4v) is 5.30. The average Bonchev–Trinajstić information content (AvgIpc) is 2.86. The van der Waals surface area contributed by atoms with Gasteiger partial charge in [-0.05, 0) is 34.0 Å². The lowest BCUT2D eigenvalue weighted by Gasteiger charge is -2.24. The first-order valence-electron chi connectivity index (χ1n) is 10.9. The van der Waals surface area contributed by atoms with Crippen molar-refractivity contribution < 1.29 is 13.2 Å². The Balaban J connectivity index is 1.57. The fourth-order valence-electron chi connectivity index (χ4n) is 3.86. The Labute approximate surface area is 194 Å². The van der Waals surface area contributed by atoms with Crippen LogP contribution in [0.15, 0.2) is 108 Å². The van der Waals surface area contributed by atoms with Crippen molar-refractivity contribution in [3.63, 3.8) is 0 Å². The van der Waals surface area contributed by atoms with Gasteiger partial charge in [-0.2, -0.15) is 4.31 Å². The predicted octanol–water partition coefficient (Wildman–Crippen LogP) is 4.76. The zero-order chi connectivity index (χ0) is 23.3. The number of benzene rings is 4. The molecule has 0 aromatic heterocycles. The van der Waals surface area contributed by atoms with Crippen molar-refractivity contribution in [2.75, 3.05) is 13.1 Å². The topological polar surface area (TPSA) is 66.5 Å². The SMILES string of the molecule is CCN(CC(=O)NC(c1ccccc1)c1ccccc1)S(=O)(=O)c1ccc2ccccc2c1. The van der Waals surface area contributed by atoms with E-state index >= 15 is 0 Å². The molecule has 4 rings (SSSR count). The van der Waals surface area contributed by atoms with Crippen molar-refractivity contribution in [3.05, 3.63) is 114 Å². The van der Waals surface area contributed by atoms with Crippen LogP contribution < -0.4 is 5.32 Å². The Hall–Kier alpha value is -3.48. The Morgan fingerprint density at radius 1 is 0.788 bits per heavy atom. The number of rotatable bonds is 8. The lowest BCUT2D eigenvalue weighted by molar-refractivity contribution is -0.121. The second kappa shape index (κ2) is 9.98. The third-order valence-corrected chi connectivity index (χ3v) is 7.52. The van der Waals surface area contributed by atoms with Gasteiger partial charge in [0, 0.05) is 6.54 Å². The van der Waals surface area contributed by atoms with E-state index in [4.69, 9.17) is 0 Å². The highest BCUT2D eigenvalue weighted by Gasteiger charge is 2.27. The van der Waals surface area contributed by atoms with Crippen LogP contribution >= 0.6 is 0 Å². The van der Waals surface area contributed by atoms with Crippen LogP contribution in [-0.4, -0.2) is 31.7 Å². The monoisotopic (exact) mass is 458 g/mol. The number of carbonyl (C=O) groups excluding carboxylic acids is 1. The molecular formula is C27H26N2O3S. The minimum Gasteiger partial charge on any atom is -0.344 e. The molecule has 0 aliphatic carbocycles. The summed E-state index contributed by atoms with van der Waals surface area (Å²) >= 11 is 0. The van der Waals surface area contributed by atoms with Crippen LogP contribution in [0.25, 0.3) is 10.8 Å². The van der Waals surface area contributed by atoms with Gasteiger partial charge in [-0.25, -0.2) is 8.42 Å². The van der Waals surface area contributed by atoms with E-state index in [0.717, 1.165) is 21.9 Å². The summed E-state index contributed by atoms with van der Waals surface area (Å²) in [5.41, 5.74) is 1.86. The summed E-state index contributed by atoms with van der Waals surface area (Å²) < 4.78 is 27.8. The molecule has 0 aliphatic heterocycles. The van der Waals surface area contributed by atoms with Gasteiger partial charge in [-0.1, -0.05) is 97.9 Å². The molecule has 0 saturated carbocycles. The van der Waals surface area contributed by atoms with Crippen molar-refractivity contribution in [2.45, 2.75) is 17.9 Å². The number of likely N-dealkylation sites (N-methyl/N-ethyl adjacent to an activating group) is 1.